The van der Waals surface area contributed by atoms with Gasteiger partial charge in [0, 0.05) is 5.56 Å². The predicted molar refractivity (Wildman–Crippen MR) is 112 cm³/mol. The average Bonchev–Trinajstić information content (AvgIpc) is 3.18. The molecule has 0 aliphatic rings. The maximum atomic E-state index is 14.7. The molecule has 6 nitrogen and oxygen atoms in total. The van der Waals surface area contributed by atoms with Crippen LogP contribution in [0, 0.1) is 5.82 Å². The van der Waals surface area contributed by atoms with Gasteiger partial charge in [-0.3, -0.25) is 4.57 Å². The molecular formula is C18H14Cl3F3N3O3P. The van der Waals surface area contributed by atoms with E-state index in [9.17, 15) is 17.7 Å². The highest BCUT2D eigenvalue weighted by atomic mass is 35.5. The van der Waals surface area contributed by atoms with Gasteiger partial charge in [0.2, 0.25) is 5.82 Å². The molecule has 1 atom stereocenters. The molecule has 0 spiro atoms. The normalized spacial score (nSPS) is 13.8. The number of hydrogen-bond donors (Lipinski definition) is 1. The molecule has 3 aromatic rings. The van der Waals surface area contributed by atoms with Crippen molar-refractivity contribution in [2.45, 2.75) is 18.5 Å². The lowest BCUT2D eigenvalue weighted by atomic mass is 10.1. The van der Waals surface area contributed by atoms with E-state index in [1.807, 2.05) is 0 Å². The van der Waals surface area contributed by atoms with Crippen molar-refractivity contribution >= 4 is 48.0 Å². The molecule has 0 amide bonds. The van der Waals surface area contributed by atoms with Gasteiger partial charge in [-0.05, 0) is 42.3 Å². The summed E-state index contributed by atoms with van der Waals surface area (Å²) in [7, 11) is -3.67. The number of para-hydroxylation sites is 1. The highest BCUT2D eigenvalue weighted by Crippen LogP contribution is 2.52. The summed E-state index contributed by atoms with van der Waals surface area (Å²) < 4.78 is 63.9. The Kier molecular flexibility index (Phi) is 7.23. The standard InChI is InChI=1S/C18H14Cl3F3N3O3P/c1-2-29-31(28,27-15-12(19)4-3-5-13(15)20)9-11-7-6-10(8-14(11)22)16-25-17(30-26-16)18(21,23)24/h3-8H,2,9H2,1H3,(H,27,28). The van der Waals surface area contributed by atoms with Crippen molar-refractivity contribution in [2.75, 3.05) is 11.7 Å². The molecule has 1 N–H and O–H groups in total. The van der Waals surface area contributed by atoms with Crippen molar-refractivity contribution in [1.82, 2.24) is 10.1 Å². The van der Waals surface area contributed by atoms with Gasteiger partial charge in [0.15, 0.2) is 0 Å². The number of hydrogen-bond acceptors (Lipinski definition) is 5. The van der Waals surface area contributed by atoms with E-state index in [1.165, 1.54) is 12.1 Å². The van der Waals surface area contributed by atoms with Gasteiger partial charge in [-0.25, -0.2) is 4.39 Å². The van der Waals surface area contributed by atoms with Gasteiger partial charge < -0.3 is 14.1 Å². The van der Waals surface area contributed by atoms with Crippen LogP contribution < -0.4 is 5.09 Å². The second kappa shape index (κ2) is 9.38. The first-order chi connectivity index (χ1) is 14.5. The lowest BCUT2D eigenvalue weighted by Crippen LogP contribution is -2.06. The van der Waals surface area contributed by atoms with Gasteiger partial charge in [-0.15, -0.1) is 0 Å². The Hall–Kier alpha value is -1.77. The number of alkyl halides is 3. The molecule has 0 saturated heterocycles. The summed E-state index contributed by atoms with van der Waals surface area (Å²) in [6.45, 7) is 1.70. The molecule has 0 bridgehead atoms. The lowest BCUT2D eigenvalue weighted by molar-refractivity contribution is 0.0551. The molecule has 1 heterocycles. The first-order valence-electron chi connectivity index (χ1n) is 8.68. The molecule has 166 valence electrons. The summed E-state index contributed by atoms with van der Waals surface area (Å²) >= 11 is 17.1. The van der Waals surface area contributed by atoms with E-state index in [1.54, 1.807) is 25.1 Å². The summed E-state index contributed by atoms with van der Waals surface area (Å²) in [6, 6.07) is 8.37. The molecule has 0 fully saturated rings. The van der Waals surface area contributed by atoms with Gasteiger partial charge in [-0.2, -0.15) is 13.8 Å². The van der Waals surface area contributed by atoms with E-state index in [-0.39, 0.29) is 45.5 Å². The molecule has 2 aromatic carbocycles. The van der Waals surface area contributed by atoms with Crippen LogP contribution in [0.4, 0.5) is 18.9 Å². The third-order valence-electron chi connectivity index (χ3n) is 3.94. The molecule has 1 aromatic heterocycles. The number of anilines is 1. The Morgan fingerprint density at radius 1 is 1.23 bits per heavy atom. The highest BCUT2D eigenvalue weighted by Gasteiger charge is 2.36. The van der Waals surface area contributed by atoms with Crippen LogP contribution in [0.5, 0.6) is 0 Å². The number of halogens is 6. The van der Waals surface area contributed by atoms with E-state index in [2.05, 4.69) is 19.8 Å². The molecular weight excluding hydrogens is 501 g/mol. The van der Waals surface area contributed by atoms with Crippen LogP contribution in [0.3, 0.4) is 0 Å². The Morgan fingerprint density at radius 3 is 2.45 bits per heavy atom. The molecule has 13 heteroatoms. The molecule has 31 heavy (non-hydrogen) atoms. The second-order valence-electron chi connectivity index (χ2n) is 6.18. The third-order valence-corrected chi connectivity index (χ3v) is 6.73. The monoisotopic (exact) mass is 513 g/mol. The number of aromatic nitrogens is 2. The minimum absolute atomic E-state index is 0.0302. The maximum absolute atomic E-state index is 14.7. The largest absolute Gasteiger partial charge is 0.400 e. The zero-order chi connectivity index (χ0) is 22.8. The van der Waals surface area contributed by atoms with Gasteiger partial charge >= 0.3 is 11.3 Å². The van der Waals surface area contributed by atoms with Crippen LogP contribution >= 0.6 is 42.3 Å². The minimum atomic E-state index is -3.85. The smallest absolute Gasteiger partial charge is 0.331 e. The van der Waals surface area contributed by atoms with Crippen LogP contribution in [0.1, 0.15) is 18.4 Å². The van der Waals surface area contributed by atoms with Gasteiger partial charge in [0.25, 0.3) is 7.52 Å². The first-order valence-corrected chi connectivity index (χ1v) is 11.6. The molecule has 3 rings (SSSR count). The van der Waals surface area contributed by atoms with Gasteiger partial charge in [0.1, 0.15) is 5.82 Å². The summed E-state index contributed by atoms with van der Waals surface area (Å²) in [4.78, 5) is 3.45. The fraction of sp³-hybridized carbons (Fsp3) is 0.222. The fourth-order valence-corrected chi connectivity index (χ4v) is 5.23. The topological polar surface area (TPSA) is 77.2 Å². The number of benzene rings is 2. The van der Waals surface area contributed by atoms with Crippen molar-refractivity contribution in [3.63, 3.8) is 0 Å². The SMILES string of the molecule is CCOP(=O)(Cc1ccc(-c2noc(C(F)(F)Cl)n2)cc1F)Nc1c(Cl)cccc1Cl. The van der Waals surface area contributed by atoms with Crippen molar-refractivity contribution < 1.29 is 26.8 Å². The van der Waals surface area contributed by atoms with Crippen LogP contribution in [0.25, 0.3) is 11.4 Å². The van der Waals surface area contributed by atoms with Crippen molar-refractivity contribution in [3.05, 3.63) is 63.7 Å². The van der Waals surface area contributed by atoms with E-state index in [4.69, 9.17) is 39.3 Å². The van der Waals surface area contributed by atoms with Crippen LogP contribution in [0.2, 0.25) is 10.0 Å². The van der Waals surface area contributed by atoms with Crippen molar-refractivity contribution in [3.8, 4) is 11.4 Å². The minimum Gasteiger partial charge on any atom is -0.331 e. The lowest BCUT2D eigenvalue weighted by Gasteiger charge is -2.22. The Labute approximate surface area is 190 Å². The Balaban J connectivity index is 1.87. The highest BCUT2D eigenvalue weighted by molar-refractivity contribution is 7.59. The average molecular weight is 515 g/mol. The van der Waals surface area contributed by atoms with E-state index >= 15 is 0 Å². The summed E-state index contributed by atoms with van der Waals surface area (Å²) in [5.74, 6) is -2.18. The molecule has 0 radical (unpaired) electrons. The molecule has 0 aliphatic heterocycles. The van der Waals surface area contributed by atoms with Gasteiger partial charge in [0.05, 0.1) is 28.5 Å². The predicted octanol–water partition coefficient (Wildman–Crippen LogP) is 7.31. The van der Waals surface area contributed by atoms with Crippen molar-refractivity contribution in [2.24, 2.45) is 0 Å². The summed E-state index contributed by atoms with van der Waals surface area (Å²) in [5.41, 5.74) is 0.286. The first kappa shape index (κ1) is 23.9. The number of nitrogens with one attached hydrogen (secondary N) is 1. The third kappa shape index (κ3) is 5.73. The zero-order valence-corrected chi connectivity index (χ0v) is 18.9. The molecule has 1 unspecified atom stereocenters. The van der Waals surface area contributed by atoms with Gasteiger partial charge in [-0.1, -0.05) is 46.6 Å². The van der Waals surface area contributed by atoms with Crippen LogP contribution in [0.15, 0.2) is 40.9 Å². The quantitative estimate of drug-likeness (QED) is 0.251. The van der Waals surface area contributed by atoms with Crippen LogP contribution in [-0.2, 0) is 20.6 Å². The molecule has 0 saturated carbocycles. The van der Waals surface area contributed by atoms with Crippen LogP contribution in [-0.4, -0.2) is 16.7 Å². The summed E-state index contributed by atoms with van der Waals surface area (Å²) in [6.07, 6.45) is -0.342. The number of nitrogens with zero attached hydrogens (tertiary/aromatic N) is 2. The summed E-state index contributed by atoms with van der Waals surface area (Å²) in [5, 5.41) is 2.65. The Morgan fingerprint density at radius 2 is 1.90 bits per heavy atom. The Bertz CT molecular complexity index is 1120. The fourth-order valence-electron chi connectivity index (χ4n) is 2.60. The van der Waals surface area contributed by atoms with E-state index < -0.39 is 24.6 Å². The number of rotatable bonds is 8. The van der Waals surface area contributed by atoms with E-state index in [0.29, 0.717) is 0 Å². The zero-order valence-electron chi connectivity index (χ0n) is 15.7. The maximum Gasteiger partial charge on any atom is 0.400 e. The molecule has 0 aliphatic carbocycles. The van der Waals surface area contributed by atoms with Crippen molar-refractivity contribution in [1.29, 1.82) is 0 Å². The second-order valence-corrected chi connectivity index (χ2v) is 9.62. The van der Waals surface area contributed by atoms with E-state index in [0.717, 1.165) is 6.07 Å².